The van der Waals surface area contributed by atoms with Gasteiger partial charge in [-0.05, 0) is 32.4 Å². The Kier molecular flexibility index (Phi) is 9.94. The lowest BCUT2D eigenvalue weighted by atomic mass is 10.2. The molecule has 1 atom stereocenters. The highest BCUT2D eigenvalue weighted by atomic mass is 16.3. The summed E-state index contributed by atoms with van der Waals surface area (Å²) in [6.45, 7) is 6.31. The number of unbranched alkanes of at least 4 members (excludes halogenated alkanes) is 3. The summed E-state index contributed by atoms with van der Waals surface area (Å²) in [6.07, 6.45) is 6.91. The van der Waals surface area contributed by atoms with Gasteiger partial charge in [0.05, 0.1) is 6.10 Å². The van der Waals surface area contributed by atoms with Crippen LogP contribution < -0.4 is 5.32 Å². The molecule has 0 saturated carbocycles. The molecule has 2 nitrogen and oxygen atoms in total. The zero-order chi connectivity index (χ0) is 9.94. The molecule has 0 aliphatic rings. The predicted octanol–water partition coefficient (Wildman–Crippen LogP) is 2.32. The molecule has 0 fully saturated rings. The van der Waals surface area contributed by atoms with Crippen LogP contribution in [0.15, 0.2) is 0 Å². The average Bonchev–Trinajstić information content (AvgIpc) is 2.16. The molecule has 0 bridgehead atoms. The molecular weight excluding hydrogens is 162 g/mol. The van der Waals surface area contributed by atoms with Crippen LogP contribution in [0, 0.1) is 0 Å². The number of aliphatic hydroxyl groups excluding tert-OH is 1. The van der Waals surface area contributed by atoms with Crippen LogP contribution in [0.3, 0.4) is 0 Å². The number of aliphatic hydroxyl groups is 1. The van der Waals surface area contributed by atoms with Gasteiger partial charge < -0.3 is 10.4 Å². The van der Waals surface area contributed by atoms with Gasteiger partial charge in [-0.1, -0.05) is 33.1 Å². The number of nitrogens with one attached hydrogen (secondary N) is 1. The smallest absolute Gasteiger partial charge is 0.0549 e. The van der Waals surface area contributed by atoms with Crippen LogP contribution in [-0.4, -0.2) is 24.3 Å². The SMILES string of the molecule is CCCCCCNCCC(O)CC. The molecule has 13 heavy (non-hydrogen) atoms. The van der Waals surface area contributed by atoms with Crippen molar-refractivity contribution < 1.29 is 5.11 Å². The minimum atomic E-state index is -0.108. The molecule has 0 saturated heterocycles. The van der Waals surface area contributed by atoms with Gasteiger partial charge in [-0.2, -0.15) is 0 Å². The van der Waals surface area contributed by atoms with E-state index >= 15 is 0 Å². The Labute approximate surface area is 82.7 Å². The second-order valence-electron chi connectivity index (χ2n) is 3.66. The lowest BCUT2D eigenvalue weighted by Crippen LogP contribution is -2.21. The summed E-state index contributed by atoms with van der Waals surface area (Å²) in [6, 6.07) is 0. The summed E-state index contributed by atoms with van der Waals surface area (Å²) in [5, 5.41) is 12.6. The standard InChI is InChI=1S/C11H25NO/c1-3-5-6-7-9-12-10-8-11(13)4-2/h11-13H,3-10H2,1-2H3. The van der Waals surface area contributed by atoms with E-state index in [0.717, 1.165) is 25.9 Å². The van der Waals surface area contributed by atoms with Crippen LogP contribution in [-0.2, 0) is 0 Å². The molecule has 0 rings (SSSR count). The first-order valence-corrected chi connectivity index (χ1v) is 5.70. The van der Waals surface area contributed by atoms with Gasteiger partial charge >= 0.3 is 0 Å². The van der Waals surface area contributed by atoms with E-state index in [1.807, 2.05) is 6.92 Å². The molecule has 0 aromatic rings. The first-order valence-electron chi connectivity index (χ1n) is 5.70. The quantitative estimate of drug-likeness (QED) is 0.543. The summed E-state index contributed by atoms with van der Waals surface area (Å²) >= 11 is 0. The zero-order valence-electron chi connectivity index (χ0n) is 9.18. The van der Waals surface area contributed by atoms with Crippen LogP contribution >= 0.6 is 0 Å². The molecule has 2 heteroatoms. The van der Waals surface area contributed by atoms with E-state index in [2.05, 4.69) is 12.2 Å². The molecule has 0 amide bonds. The molecule has 2 N–H and O–H groups in total. The van der Waals surface area contributed by atoms with E-state index in [-0.39, 0.29) is 6.10 Å². The minimum absolute atomic E-state index is 0.108. The maximum Gasteiger partial charge on any atom is 0.0549 e. The van der Waals surface area contributed by atoms with E-state index in [0.29, 0.717) is 0 Å². The van der Waals surface area contributed by atoms with Gasteiger partial charge in [-0.15, -0.1) is 0 Å². The molecule has 0 aliphatic heterocycles. The Bertz CT molecular complexity index is 96.1. The first-order chi connectivity index (χ1) is 6.31. The average molecular weight is 187 g/mol. The van der Waals surface area contributed by atoms with Crippen LogP contribution in [0.2, 0.25) is 0 Å². The summed E-state index contributed by atoms with van der Waals surface area (Å²) in [7, 11) is 0. The van der Waals surface area contributed by atoms with Crippen molar-refractivity contribution in [2.24, 2.45) is 0 Å². The molecule has 0 aromatic carbocycles. The molecule has 1 unspecified atom stereocenters. The Hall–Kier alpha value is -0.0800. The monoisotopic (exact) mass is 187 g/mol. The van der Waals surface area contributed by atoms with Crippen molar-refractivity contribution in [1.82, 2.24) is 5.32 Å². The van der Waals surface area contributed by atoms with Crippen molar-refractivity contribution in [3.63, 3.8) is 0 Å². The molecular formula is C11H25NO. The highest BCUT2D eigenvalue weighted by Crippen LogP contribution is 1.98. The molecule has 0 heterocycles. The normalized spacial score (nSPS) is 13.2. The Morgan fingerprint density at radius 1 is 1.08 bits per heavy atom. The maximum absolute atomic E-state index is 9.26. The van der Waals surface area contributed by atoms with Crippen LogP contribution in [0.1, 0.15) is 52.4 Å². The largest absolute Gasteiger partial charge is 0.393 e. The third-order valence-corrected chi connectivity index (χ3v) is 2.33. The van der Waals surface area contributed by atoms with Crippen molar-refractivity contribution in [2.45, 2.75) is 58.5 Å². The van der Waals surface area contributed by atoms with Gasteiger partial charge in [-0.3, -0.25) is 0 Å². The third-order valence-electron chi connectivity index (χ3n) is 2.33. The van der Waals surface area contributed by atoms with Gasteiger partial charge in [0.25, 0.3) is 0 Å². The van der Waals surface area contributed by atoms with E-state index in [1.54, 1.807) is 0 Å². The van der Waals surface area contributed by atoms with Crippen molar-refractivity contribution in [3.05, 3.63) is 0 Å². The topological polar surface area (TPSA) is 32.3 Å². The van der Waals surface area contributed by atoms with Gasteiger partial charge in [0.15, 0.2) is 0 Å². The fourth-order valence-corrected chi connectivity index (χ4v) is 1.27. The maximum atomic E-state index is 9.26. The van der Waals surface area contributed by atoms with E-state index in [1.165, 1.54) is 25.7 Å². The van der Waals surface area contributed by atoms with Crippen LogP contribution in [0.25, 0.3) is 0 Å². The Morgan fingerprint density at radius 3 is 2.46 bits per heavy atom. The fraction of sp³-hybridized carbons (Fsp3) is 1.00. The van der Waals surface area contributed by atoms with E-state index < -0.39 is 0 Å². The Balaban J connectivity index is 2.91. The highest BCUT2D eigenvalue weighted by Gasteiger charge is 1.98. The summed E-state index contributed by atoms with van der Waals surface area (Å²) in [5.74, 6) is 0. The van der Waals surface area contributed by atoms with Gasteiger partial charge in [0.2, 0.25) is 0 Å². The molecule has 80 valence electrons. The van der Waals surface area contributed by atoms with Gasteiger partial charge in [0, 0.05) is 0 Å². The highest BCUT2D eigenvalue weighted by molar-refractivity contribution is 4.55. The predicted molar refractivity (Wildman–Crippen MR) is 57.9 cm³/mol. The Morgan fingerprint density at radius 2 is 1.85 bits per heavy atom. The first kappa shape index (κ1) is 12.9. The zero-order valence-corrected chi connectivity index (χ0v) is 9.18. The lowest BCUT2D eigenvalue weighted by Gasteiger charge is -2.08. The third kappa shape index (κ3) is 9.84. The molecule has 0 aromatic heterocycles. The lowest BCUT2D eigenvalue weighted by molar-refractivity contribution is 0.160. The van der Waals surface area contributed by atoms with Crippen molar-refractivity contribution in [1.29, 1.82) is 0 Å². The second kappa shape index (κ2) is 10.0. The van der Waals surface area contributed by atoms with Gasteiger partial charge in [-0.25, -0.2) is 0 Å². The summed E-state index contributed by atoms with van der Waals surface area (Å²) < 4.78 is 0. The van der Waals surface area contributed by atoms with Crippen LogP contribution in [0.5, 0.6) is 0 Å². The molecule has 0 radical (unpaired) electrons. The second-order valence-corrected chi connectivity index (χ2v) is 3.66. The fourth-order valence-electron chi connectivity index (χ4n) is 1.27. The summed E-state index contributed by atoms with van der Waals surface area (Å²) in [4.78, 5) is 0. The van der Waals surface area contributed by atoms with E-state index in [9.17, 15) is 5.11 Å². The summed E-state index contributed by atoms with van der Waals surface area (Å²) in [5.41, 5.74) is 0. The number of rotatable bonds is 9. The van der Waals surface area contributed by atoms with Crippen LogP contribution in [0.4, 0.5) is 0 Å². The van der Waals surface area contributed by atoms with Crippen molar-refractivity contribution in [3.8, 4) is 0 Å². The number of hydrogen-bond acceptors (Lipinski definition) is 2. The molecule has 0 spiro atoms. The molecule has 0 aliphatic carbocycles. The van der Waals surface area contributed by atoms with E-state index in [4.69, 9.17) is 0 Å². The van der Waals surface area contributed by atoms with Crippen molar-refractivity contribution in [2.75, 3.05) is 13.1 Å². The minimum Gasteiger partial charge on any atom is -0.393 e. The van der Waals surface area contributed by atoms with Gasteiger partial charge in [0.1, 0.15) is 0 Å². The number of hydrogen-bond donors (Lipinski definition) is 2. The van der Waals surface area contributed by atoms with Crippen molar-refractivity contribution >= 4 is 0 Å².